The van der Waals surface area contributed by atoms with E-state index in [0.717, 1.165) is 0 Å². The van der Waals surface area contributed by atoms with E-state index >= 15 is 0 Å². The van der Waals surface area contributed by atoms with Gasteiger partial charge in [0.1, 0.15) is 11.6 Å². The molecule has 0 heterocycles. The molecule has 0 saturated carbocycles. The van der Waals surface area contributed by atoms with Crippen LogP contribution in [-0.2, 0) is 9.05 Å². The first-order valence-corrected chi connectivity index (χ1v) is 8.78. The molecule has 0 radical (unpaired) electrons. The lowest BCUT2D eigenvalue weighted by Gasteiger charge is -2.29. The average molecular weight is 323 g/mol. The Kier molecular flexibility index (Phi) is 5.44. The van der Waals surface area contributed by atoms with Gasteiger partial charge in [-0.15, -0.1) is 0 Å². The zero-order valence-electron chi connectivity index (χ0n) is 12.1. The molecular weight excluding hydrogens is 303 g/mol. The fraction of sp³-hybridized carbons (Fsp3) is 0.571. The standard InChI is InChI=1S/C14H20ClFO3S/c1-10-5-6-12(7-13(10)16)19-8-11(14(2,3)4)9-20(15,17)18/h5-7,11H,8-9H2,1-4H3. The zero-order chi connectivity index (χ0) is 15.6. The fourth-order valence-corrected chi connectivity index (χ4v) is 3.18. The summed E-state index contributed by atoms with van der Waals surface area (Å²) in [6, 6.07) is 4.58. The average Bonchev–Trinajstić information content (AvgIpc) is 2.26. The lowest BCUT2D eigenvalue weighted by molar-refractivity contribution is 0.163. The Balaban J connectivity index is 2.78. The van der Waals surface area contributed by atoms with Crippen molar-refractivity contribution in [2.75, 3.05) is 12.4 Å². The highest BCUT2D eigenvalue weighted by atomic mass is 35.7. The van der Waals surface area contributed by atoms with Crippen LogP contribution in [0.2, 0.25) is 0 Å². The summed E-state index contributed by atoms with van der Waals surface area (Å²) < 4.78 is 41.4. The summed E-state index contributed by atoms with van der Waals surface area (Å²) in [5.41, 5.74) is 0.249. The summed E-state index contributed by atoms with van der Waals surface area (Å²) in [5.74, 6) is -0.421. The van der Waals surface area contributed by atoms with Crippen molar-refractivity contribution in [2.24, 2.45) is 11.3 Å². The number of aryl methyl sites for hydroxylation is 1. The smallest absolute Gasteiger partial charge is 0.233 e. The minimum atomic E-state index is -3.61. The molecule has 0 fully saturated rings. The molecule has 1 atom stereocenters. The van der Waals surface area contributed by atoms with E-state index in [0.29, 0.717) is 11.3 Å². The van der Waals surface area contributed by atoms with Crippen molar-refractivity contribution in [3.05, 3.63) is 29.6 Å². The van der Waals surface area contributed by atoms with Crippen LogP contribution in [-0.4, -0.2) is 20.8 Å². The fourth-order valence-electron chi connectivity index (χ4n) is 1.65. The van der Waals surface area contributed by atoms with Crippen LogP contribution in [0, 0.1) is 24.1 Å². The number of hydrogen-bond donors (Lipinski definition) is 0. The quantitative estimate of drug-likeness (QED) is 0.775. The summed E-state index contributed by atoms with van der Waals surface area (Å²) >= 11 is 0. The summed E-state index contributed by atoms with van der Waals surface area (Å²) in [4.78, 5) is 0. The van der Waals surface area contributed by atoms with Crippen LogP contribution in [0.4, 0.5) is 4.39 Å². The third-order valence-corrected chi connectivity index (χ3v) is 4.40. The zero-order valence-corrected chi connectivity index (χ0v) is 13.7. The largest absolute Gasteiger partial charge is 0.493 e. The van der Waals surface area contributed by atoms with Crippen molar-refractivity contribution in [3.8, 4) is 5.75 Å². The minimum absolute atomic E-state index is 0.165. The predicted octanol–water partition coefficient (Wildman–Crippen LogP) is 3.74. The third-order valence-electron chi connectivity index (χ3n) is 3.22. The second-order valence-electron chi connectivity index (χ2n) is 5.99. The molecule has 0 aliphatic heterocycles. The van der Waals surface area contributed by atoms with Gasteiger partial charge in [0.2, 0.25) is 9.05 Å². The minimum Gasteiger partial charge on any atom is -0.493 e. The van der Waals surface area contributed by atoms with Crippen LogP contribution < -0.4 is 4.74 Å². The van der Waals surface area contributed by atoms with E-state index in [1.807, 2.05) is 20.8 Å². The number of rotatable bonds is 5. The maximum Gasteiger partial charge on any atom is 0.233 e. The topological polar surface area (TPSA) is 43.4 Å². The van der Waals surface area contributed by atoms with Crippen molar-refractivity contribution >= 4 is 19.7 Å². The van der Waals surface area contributed by atoms with Gasteiger partial charge >= 0.3 is 0 Å². The van der Waals surface area contributed by atoms with Gasteiger partial charge in [0, 0.05) is 22.7 Å². The predicted molar refractivity (Wildman–Crippen MR) is 79.2 cm³/mol. The first kappa shape index (κ1) is 17.2. The van der Waals surface area contributed by atoms with E-state index in [1.54, 1.807) is 19.1 Å². The highest BCUT2D eigenvalue weighted by Crippen LogP contribution is 2.29. The van der Waals surface area contributed by atoms with Gasteiger partial charge < -0.3 is 4.74 Å². The summed E-state index contributed by atoms with van der Waals surface area (Å²) in [7, 11) is 1.71. The first-order chi connectivity index (χ1) is 8.99. The molecule has 0 aromatic heterocycles. The number of benzene rings is 1. The Labute approximate surface area is 124 Å². The van der Waals surface area contributed by atoms with Crippen LogP contribution in [0.25, 0.3) is 0 Å². The normalized spacial score (nSPS) is 14.1. The number of hydrogen-bond acceptors (Lipinski definition) is 3. The molecule has 6 heteroatoms. The molecule has 1 rings (SSSR count). The number of halogens is 2. The molecule has 1 aromatic carbocycles. The second-order valence-corrected chi connectivity index (χ2v) is 8.81. The van der Waals surface area contributed by atoms with E-state index in [4.69, 9.17) is 15.4 Å². The van der Waals surface area contributed by atoms with Gasteiger partial charge in [0.25, 0.3) is 0 Å². The second kappa shape index (κ2) is 6.31. The van der Waals surface area contributed by atoms with Crippen LogP contribution in [0.3, 0.4) is 0 Å². The van der Waals surface area contributed by atoms with Gasteiger partial charge in [-0.3, -0.25) is 0 Å². The first-order valence-electron chi connectivity index (χ1n) is 6.30. The van der Waals surface area contributed by atoms with E-state index in [9.17, 15) is 12.8 Å². The molecule has 0 bridgehead atoms. The Morgan fingerprint density at radius 3 is 2.40 bits per heavy atom. The Bertz CT molecular complexity index is 564. The van der Waals surface area contributed by atoms with Gasteiger partial charge in [-0.05, 0) is 24.0 Å². The molecule has 1 unspecified atom stereocenters. The monoisotopic (exact) mass is 322 g/mol. The van der Waals surface area contributed by atoms with Gasteiger partial charge in [0.15, 0.2) is 0 Å². The van der Waals surface area contributed by atoms with Gasteiger partial charge in [-0.1, -0.05) is 26.8 Å². The molecule has 0 aliphatic carbocycles. The molecule has 1 aromatic rings. The van der Waals surface area contributed by atoms with Crippen molar-refractivity contribution in [3.63, 3.8) is 0 Å². The molecule has 0 N–H and O–H groups in total. The van der Waals surface area contributed by atoms with Gasteiger partial charge in [-0.25, -0.2) is 12.8 Å². The molecule has 3 nitrogen and oxygen atoms in total. The van der Waals surface area contributed by atoms with Crippen LogP contribution in [0.15, 0.2) is 18.2 Å². The van der Waals surface area contributed by atoms with E-state index < -0.39 is 9.05 Å². The van der Waals surface area contributed by atoms with E-state index in [2.05, 4.69) is 0 Å². The maximum atomic E-state index is 13.4. The third kappa shape index (κ3) is 5.67. The molecule has 0 saturated heterocycles. The van der Waals surface area contributed by atoms with Crippen LogP contribution in [0.5, 0.6) is 5.75 Å². The van der Waals surface area contributed by atoms with Crippen molar-refractivity contribution in [1.82, 2.24) is 0 Å². The lowest BCUT2D eigenvalue weighted by atomic mass is 9.82. The maximum absolute atomic E-state index is 13.4. The lowest BCUT2D eigenvalue weighted by Crippen LogP contribution is -2.31. The summed E-state index contributed by atoms with van der Waals surface area (Å²) in [6.45, 7) is 7.57. The molecule has 0 amide bonds. The molecule has 0 aliphatic rings. The van der Waals surface area contributed by atoms with Gasteiger partial charge in [-0.2, -0.15) is 0 Å². The van der Waals surface area contributed by atoms with E-state index in [-0.39, 0.29) is 29.5 Å². The molecule has 20 heavy (non-hydrogen) atoms. The Morgan fingerprint density at radius 2 is 1.95 bits per heavy atom. The molecule has 0 spiro atoms. The van der Waals surface area contributed by atoms with E-state index in [1.165, 1.54) is 6.07 Å². The molecular formula is C14H20ClFO3S. The van der Waals surface area contributed by atoms with Crippen molar-refractivity contribution in [1.29, 1.82) is 0 Å². The highest BCUT2D eigenvalue weighted by Gasteiger charge is 2.29. The Hall–Kier alpha value is -0.810. The Morgan fingerprint density at radius 1 is 1.35 bits per heavy atom. The number of ether oxygens (including phenoxy) is 1. The van der Waals surface area contributed by atoms with Crippen LogP contribution >= 0.6 is 10.7 Å². The highest BCUT2D eigenvalue weighted by molar-refractivity contribution is 8.13. The summed E-state index contributed by atoms with van der Waals surface area (Å²) in [6.07, 6.45) is 0. The van der Waals surface area contributed by atoms with Crippen molar-refractivity contribution < 1.29 is 17.5 Å². The van der Waals surface area contributed by atoms with Crippen LogP contribution in [0.1, 0.15) is 26.3 Å². The SMILES string of the molecule is Cc1ccc(OCC(CS(=O)(=O)Cl)C(C)(C)C)cc1F. The summed E-state index contributed by atoms with van der Waals surface area (Å²) in [5, 5.41) is 0. The van der Waals surface area contributed by atoms with Crippen molar-refractivity contribution in [2.45, 2.75) is 27.7 Å². The van der Waals surface area contributed by atoms with Gasteiger partial charge in [0.05, 0.1) is 12.4 Å². The molecule has 114 valence electrons.